The molecule has 0 radical (unpaired) electrons. The van der Waals surface area contributed by atoms with Gasteiger partial charge in [-0.1, -0.05) is 60.0 Å². The van der Waals surface area contributed by atoms with Crippen LogP contribution in [0.3, 0.4) is 0 Å². The normalized spacial score (nSPS) is 12.4. The number of hydrogen-bond donors (Lipinski definition) is 2. The van der Waals surface area contributed by atoms with E-state index in [1.807, 2.05) is 24.3 Å². The molecule has 0 aliphatic heterocycles. The molecule has 0 unspecified atom stereocenters. The summed E-state index contributed by atoms with van der Waals surface area (Å²) in [6.45, 7) is 8.41. The van der Waals surface area contributed by atoms with E-state index in [2.05, 4.69) is 72.5 Å². The van der Waals surface area contributed by atoms with E-state index in [1.165, 1.54) is 51.4 Å². The van der Waals surface area contributed by atoms with Crippen molar-refractivity contribution in [3.05, 3.63) is 59.7 Å². The van der Waals surface area contributed by atoms with Crippen molar-refractivity contribution in [2.24, 2.45) is 0 Å². The Kier molecular flexibility index (Phi) is 8.99. The lowest BCUT2D eigenvalue weighted by molar-refractivity contribution is -0.114. The summed E-state index contributed by atoms with van der Waals surface area (Å²) >= 11 is 9.89. The molecule has 1 aromatic heterocycles. The van der Waals surface area contributed by atoms with Gasteiger partial charge in [0, 0.05) is 28.8 Å². The van der Waals surface area contributed by atoms with E-state index >= 15 is 0 Å². The van der Waals surface area contributed by atoms with Crippen LogP contribution >= 0.6 is 47.1 Å². The second-order valence-electron chi connectivity index (χ2n) is 10.3. The van der Waals surface area contributed by atoms with Crippen molar-refractivity contribution in [1.29, 1.82) is 0 Å². The van der Waals surface area contributed by atoms with Crippen LogP contribution < -0.4 is 10.6 Å². The molecule has 0 bridgehead atoms. The van der Waals surface area contributed by atoms with Crippen LogP contribution in [0.2, 0.25) is 0 Å². The van der Waals surface area contributed by atoms with Gasteiger partial charge in [-0.3, -0.25) is 9.59 Å². The standard InChI is InChI=1S/C30H32N4O2S4/c1-17(2)34(18(3)4)30(37)39-16-26(35)31-21-11-13-24-25(14-21)40-29(33-24)38-15-27(36)32-23-12-10-20-9-8-19-6-5-7-22(23)28(19)20/h5-7,10-14,17-18H,8-9,15-16H2,1-4H3,(H,31,35)(H,32,36). The van der Waals surface area contributed by atoms with E-state index in [0.29, 0.717) is 0 Å². The molecule has 2 amide bonds. The Balaban J connectivity index is 1.16. The van der Waals surface area contributed by atoms with Crippen LogP contribution in [0.4, 0.5) is 11.4 Å². The molecule has 0 atom stereocenters. The molecule has 1 heterocycles. The number of hydrogen-bond acceptors (Lipinski definition) is 7. The number of thioether (sulfide) groups is 2. The van der Waals surface area contributed by atoms with Gasteiger partial charge in [0.1, 0.15) is 4.32 Å². The first kappa shape index (κ1) is 28.9. The largest absolute Gasteiger partial charge is 0.353 e. The second kappa shape index (κ2) is 12.5. The van der Waals surface area contributed by atoms with Crippen molar-refractivity contribution < 1.29 is 9.59 Å². The first-order chi connectivity index (χ1) is 19.2. The van der Waals surface area contributed by atoms with Crippen molar-refractivity contribution >= 4 is 95.6 Å². The average Bonchev–Trinajstić information content (AvgIpc) is 3.52. The zero-order valence-electron chi connectivity index (χ0n) is 22.9. The van der Waals surface area contributed by atoms with E-state index < -0.39 is 0 Å². The highest BCUT2D eigenvalue weighted by atomic mass is 32.2. The Hall–Kier alpha value is -2.66. The number of thiazole rings is 1. The molecule has 6 nitrogen and oxygen atoms in total. The zero-order chi connectivity index (χ0) is 28.4. The van der Waals surface area contributed by atoms with Gasteiger partial charge in [0.05, 0.1) is 21.7 Å². The van der Waals surface area contributed by atoms with E-state index in [-0.39, 0.29) is 35.4 Å². The number of nitrogens with one attached hydrogen (secondary N) is 2. The highest BCUT2D eigenvalue weighted by Crippen LogP contribution is 2.36. The summed E-state index contributed by atoms with van der Waals surface area (Å²) in [4.78, 5) is 32.2. The molecule has 2 N–H and O–H groups in total. The van der Waals surface area contributed by atoms with Crippen LogP contribution in [0, 0.1) is 0 Å². The van der Waals surface area contributed by atoms with E-state index in [9.17, 15) is 9.59 Å². The Morgan fingerprint density at radius 3 is 2.45 bits per heavy atom. The van der Waals surface area contributed by atoms with Gasteiger partial charge < -0.3 is 15.5 Å². The van der Waals surface area contributed by atoms with Crippen molar-refractivity contribution in [3.63, 3.8) is 0 Å². The molecule has 4 aromatic rings. The summed E-state index contributed by atoms with van der Waals surface area (Å²) in [6.07, 6.45) is 2.12. The maximum Gasteiger partial charge on any atom is 0.234 e. The first-order valence-corrected chi connectivity index (χ1v) is 16.5. The van der Waals surface area contributed by atoms with Crippen molar-refractivity contribution in [2.75, 3.05) is 22.1 Å². The minimum atomic E-state index is -0.0991. The van der Waals surface area contributed by atoms with Crippen LogP contribution in [0.1, 0.15) is 38.8 Å². The Bertz CT molecular complexity index is 1580. The van der Waals surface area contributed by atoms with Crippen LogP contribution in [-0.2, 0) is 22.4 Å². The Morgan fingerprint density at radius 1 is 0.975 bits per heavy atom. The molecular weight excluding hydrogens is 577 g/mol. The molecule has 1 aliphatic rings. The van der Waals surface area contributed by atoms with E-state index in [4.69, 9.17) is 12.2 Å². The summed E-state index contributed by atoms with van der Waals surface area (Å²) in [6, 6.07) is 16.7. The molecule has 3 aromatic carbocycles. The number of aryl methyl sites for hydroxylation is 2. The summed E-state index contributed by atoms with van der Waals surface area (Å²) in [5.41, 5.74) is 5.14. The van der Waals surface area contributed by atoms with Crippen LogP contribution in [-0.4, -0.2) is 49.6 Å². The predicted octanol–water partition coefficient (Wildman–Crippen LogP) is 7.35. The summed E-state index contributed by atoms with van der Waals surface area (Å²) < 4.78 is 2.51. The number of carbonyl (C=O) groups excluding carboxylic acids is 2. The number of amides is 2. The lowest BCUT2D eigenvalue weighted by atomic mass is 10.0. The average molecular weight is 609 g/mol. The molecule has 10 heteroatoms. The summed E-state index contributed by atoms with van der Waals surface area (Å²) in [5, 5.41) is 8.46. The fraction of sp³-hybridized carbons (Fsp3) is 0.333. The molecule has 208 valence electrons. The molecule has 0 spiro atoms. The van der Waals surface area contributed by atoms with Crippen LogP contribution in [0.15, 0.2) is 52.9 Å². The summed E-state index contributed by atoms with van der Waals surface area (Å²) in [5.74, 6) is 0.371. The highest BCUT2D eigenvalue weighted by molar-refractivity contribution is 8.23. The third-order valence-corrected chi connectivity index (χ3v) is 10.4. The molecule has 1 aliphatic carbocycles. The number of thiocarbonyl (C=S) groups is 1. The maximum atomic E-state index is 12.8. The van der Waals surface area contributed by atoms with Gasteiger partial charge in [-0.2, -0.15) is 0 Å². The van der Waals surface area contributed by atoms with E-state index in [1.54, 1.807) is 0 Å². The highest BCUT2D eigenvalue weighted by Gasteiger charge is 2.19. The molecule has 40 heavy (non-hydrogen) atoms. The van der Waals surface area contributed by atoms with Crippen molar-refractivity contribution in [2.45, 2.75) is 57.0 Å². The number of fused-ring (bicyclic) bond motifs is 1. The van der Waals surface area contributed by atoms with Gasteiger partial charge in [-0.25, -0.2) is 4.98 Å². The Morgan fingerprint density at radius 2 is 1.70 bits per heavy atom. The lowest BCUT2D eigenvalue weighted by Gasteiger charge is -2.32. The van der Waals surface area contributed by atoms with Gasteiger partial charge in [0.2, 0.25) is 11.8 Å². The van der Waals surface area contributed by atoms with Gasteiger partial charge in [0.25, 0.3) is 0 Å². The first-order valence-electron chi connectivity index (χ1n) is 13.3. The second-order valence-corrected chi connectivity index (χ2v) is 14.2. The fourth-order valence-corrected chi connectivity index (χ4v) is 8.53. The number of anilines is 2. The SMILES string of the molecule is CC(C)N(C(=S)SCC(=O)Nc1ccc2nc(SCC(=O)Nc3ccc4c5c(cccc35)CC4)sc2c1)C(C)C. The molecular formula is C30H32N4O2S4. The number of rotatable bonds is 9. The third kappa shape index (κ3) is 6.46. The zero-order valence-corrected chi connectivity index (χ0v) is 26.2. The number of carbonyl (C=O) groups is 2. The van der Waals surface area contributed by atoms with Crippen molar-refractivity contribution in [1.82, 2.24) is 9.88 Å². The van der Waals surface area contributed by atoms with Gasteiger partial charge >= 0.3 is 0 Å². The van der Waals surface area contributed by atoms with Crippen LogP contribution in [0.25, 0.3) is 21.0 Å². The smallest absolute Gasteiger partial charge is 0.234 e. The number of aromatic nitrogens is 1. The molecule has 0 saturated carbocycles. The molecule has 0 fully saturated rings. The minimum absolute atomic E-state index is 0.0557. The van der Waals surface area contributed by atoms with Gasteiger partial charge in [-0.05, 0) is 81.3 Å². The van der Waals surface area contributed by atoms with Gasteiger partial charge in [0.15, 0.2) is 4.34 Å². The van der Waals surface area contributed by atoms with Gasteiger partial charge in [-0.15, -0.1) is 11.3 Å². The molecule has 0 saturated heterocycles. The Labute approximate surface area is 252 Å². The number of benzene rings is 3. The lowest BCUT2D eigenvalue weighted by Crippen LogP contribution is -2.40. The predicted molar refractivity (Wildman–Crippen MR) is 176 cm³/mol. The fourth-order valence-electron chi connectivity index (χ4n) is 5.13. The quantitative estimate of drug-likeness (QED) is 0.152. The van der Waals surface area contributed by atoms with E-state index in [0.717, 1.165) is 48.5 Å². The third-order valence-electron chi connectivity index (χ3n) is 6.78. The van der Waals surface area contributed by atoms with Crippen molar-refractivity contribution in [3.8, 4) is 0 Å². The monoisotopic (exact) mass is 608 g/mol. The number of nitrogens with zero attached hydrogens (tertiary/aromatic N) is 2. The minimum Gasteiger partial charge on any atom is -0.353 e. The topological polar surface area (TPSA) is 74.3 Å². The van der Waals surface area contributed by atoms with Crippen LogP contribution in [0.5, 0.6) is 0 Å². The maximum absolute atomic E-state index is 12.8. The molecule has 5 rings (SSSR count). The summed E-state index contributed by atoms with van der Waals surface area (Å²) in [7, 11) is 0.